The lowest BCUT2D eigenvalue weighted by Gasteiger charge is -2.11. The number of hydrogen-bond donors (Lipinski definition) is 1. The smallest absolute Gasteiger partial charge is 0.157 e. The van der Waals surface area contributed by atoms with Gasteiger partial charge in [-0.2, -0.15) is 0 Å². The van der Waals surface area contributed by atoms with Crippen LogP contribution in [0.15, 0.2) is 36.4 Å². The van der Waals surface area contributed by atoms with Gasteiger partial charge in [0.2, 0.25) is 0 Å². The minimum atomic E-state index is -2.03. The summed E-state index contributed by atoms with van der Waals surface area (Å²) < 4.78 is 34.1. The molecule has 2 aromatic rings. The Morgan fingerprint density at radius 1 is 1.00 bits per heavy atom. The largest absolute Gasteiger partial charge is 0.306 e. The summed E-state index contributed by atoms with van der Waals surface area (Å²) in [5, 5.41) is 0. The lowest BCUT2D eigenvalue weighted by Crippen LogP contribution is -1.98. The zero-order valence-electron chi connectivity index (χ0n) is 13.9. The van der Waals surface area contributed by atoms with E-state index in [9.17, 15) is 8.60 Å². The zero-order chi connectivity index (χ0) is 17.3. The van der Waals surface area contributed by atoms with Crippen molar-refractivity contribution in [3.05, 3.63) is 70.0 Å². The highest BCUT2D eigenvalue weighted by Crippen LogP contribution is 2.40. The number of rotatable bonds is 4. The summed E-state index contributed by atoms with van der Waals surface area (Å²) in [5.74, 6) is -0.580. The Balaban J connectivity index is 2.01. The quantitative estimate of drug-likeness (QED) is 0.768. The standard InChI is InChI=1S/C20H21FO2S/c1-13-6-7-15(10-14(13)2)18-4-3-5-19(18)16-8-9-17(12-24(22)23)20(21)11-16/h6-11H,3-5,12H2,1-2H3,(H,22,23). The maximum absolute atomic E-state index is 14.2. The molecule has 0 amide bonds. The molecular formula is C20H21FO2S. The van der Waals surface area contributed by atoms with E-state index in [1.165, 1.54) is 33.9 Å². The van der Waals surface area contributed by atoms with Crippen LogP contribution in [0, 0.1) is 19.7 Å². The molecule has 4 heteroatoms. The molecule has 1 aliphatic rings. The second kappa shape index (κ2) is 6.99. The van der Waals surface area contributed by atoms with Gasteiger partial charge in [-0.3, -0.25) is 0 Å². The molecule has 24 heavy (non-hydrogen) atoms. The molecule has 0 aliphatic heterocycles. The molecule has 0 saturated carbocycles. The molecule has 0 bridgehead atoms. The predicted molar refractivity (Wildman–Crippen MR) is 97.5 cm³/mol. The second-order valence-electron chi connectivity index (χ2n) is 6.38. The van der Waals surface area contributed by atoms with Crippen molar-refractivity contribution in [2.24, 2.45) is 0 Å². The highest BCUT2D eigenvalue weighted by molar-refractivity contribution is 7.78. The summed E-state index contributed by atoms with van der Waals surface area (Å²) >= 11 is -2.03. The van der Waals surface area contributed by atoms with Crippen molar-refractivity contribution in [3.8, 4) is 0 Å². The first-order chi connectivity index (χ1) is 11.5. The average molecular weight is 344 g/mol. The fourth-order valence-corrected chi connectivity index (χ4v) is 3.80. The number of allylic oxidation sites excluding steroid dienone is 2. The SMILES string of the molecule is Cc1ccc(C2=C(c3ccc(CS(=O)O)c(F)c3)CCC2)cc1C. The topological polar surface area (TPSA) is 37.3 Å². The summed E-state index contributed by atoms with van der Waals surface area (Å²) in [4.78, 5) is 0. The minimum Gasteiger partial charge on any atom is -0.306 e. The van der Waals surface area contributed by atoms with Crippen LogP contribution in [0.3, 0.4) is 0 Å². The first kappa shape index (κ1) is 17.1. The minimum absolute atomic E-state index is 0.171. The van der Waals surface area contributed by atoms with E-state index in [1.807, 2.05) is 6.07 Å². The highest BCUT2D eigenvalue weighted by Gasteiger charge is 2.19. The van der Waals surface area contributed by atoms with Gasteiger partial charge >= 0.3 is 0 Å². The molecule has 126 valence electrons. The van der Waals surface area contributed by atoms with Crippen molar-refractivity contribution >= 4 is 22.2 Å². The van der Waals surface area contributed by atoms with Gasteiger partial charge < -0.3 is 4.55 Å². The van der Waals surface area contributed by atoms with Crippen LogP contribution in [-0.2, 0) is 16.8 Å². The van der Waals surface area contributed by atoms with Gasteiger partial charge in [0.05, 0.1) is 5.75 Å². The third-order valence-electron chi connectivity index (χ3n) is 4.75. The van der Waals surface area contributed by atoms with Crippen LogP contribution < -0.4 is 0 Å². The van der Waals surface area contributed by atoms with E-state index in [0.717, 1.165) is 24.8 Å². The Bertz CT molecular complexity index is 840. The van der Waals surface area contributed by atoms with Crippen LogP contribution in [-0.4, -0.2) is 8.76 Å². The van der Waals surface area contributed by atoms with Crippen LogP contribution in [0.4, 0.5) is 4.39 Å². The zero-order valence-corrected chi connectivity index (χ0v) is 14.8. The summed E-state index contributed by atoms with van der Waals surface area (Å²) in [6, 6.07) is 11.5. The number of halogens is 1. The highest BCUT2D eigenvalue weighted by atomic mass is 32.2. The van der Waals surface area contributed by atoms with Crippen molar-refractivity contribution in [3.63, 3.8) is 0 Å². The van der Waals surface area contributed by atoms with Crippen molar-refractivity contribution < 1.29 is 13.2 Å². The van der Waals surface area contributed by atoms with E-state index < -0.39 is 16.9 Å². The summed E-state index contributed by atoms with van der Waals surface area (Å²) in [5.41, 5.74) is 7.39. The van der Waals surface area contributed by atoms with E-state index in [-0.39, 0.29) is 11.3 Å². The van der Waals surface area contributed by atoms with E-state index >= 15 is 0 Å². The third kappa shape index (κ3) is 3.50. The van der Waals surface area contributed by atoms with Crippen LogP contribution in [0.1, 0.15) is 47.1 Å². The Hall–Kier alpha value is -1.78. The molecule has 0 aromatic heterocycles. The number of hydrogen-bond acceptors (Lipinski definition) is 1. The molecule has 0 saturated heterocycles. The lowest BCUT2D eigenvalue weighted by atomic mass is 9.94. The first-order valence-corrected chi connectivity index (χ1v) is 9.39. The van der Waals surface area contributed by atoms with Gasteiger partial charge in [0.1, 0.15) is 5.82 Å². The van der Waals surface area contributed by atoms with E-state index in [1.54, 1.807) is 6.07 Å². The van der Waals surface area contributed by atoms with Crippen LogP contribution in [0.2, 0.25) is 0 Å². The molecule has 0 radical (unpaired) electrons. The van der Waals surface area contributed by atoms with Crippen LogP contribution in [0.25, 0.3) is 11.1 Å². The monoisotopic (exact) mass is 344 g/mol. The predicted octanol–water partition coefficient (Wildman–Crippen LogP) is 5.26. The van der Waals surface area contributed by atoms with Gasteiger partial charge in [-0.15, -0.1) is 0 Å². The van der Waals surface area contributed by atoms with Gasteiger partial charge in [0.25, 0.3) is 0 Å². The van der Waals surface area contributed by atoms with Crippen molar-refractivity contribution in [1.29, 1.82) is 0 Å². The molecule has 2 nitrogen and oxygen atoms in total. The third-order valence-corrected chi connectivity index (χ3v) is 5.31. The summed E-state index contributed by atoms with van der Waals surface area (Å²) in [6.45, 7) is 4.21. The number of benzene rings is 2. The molecule has 1 unspecified atom stereocenters. The molecule has 0 spiro atoms. The van der Waals surface area contributed by atoms with E-state index in [0.29, 0.717) is 0 Å². The Kier molecular flexibility index (Phi) is 4.97. The Morgan fingerprint density at radius 3 is 2.21 bits per heavy atom. The Morgan fingerprint density at radius 2 is 1.62 bits per heavy atom. The molecule has 0 fully saturated rings. The van der Waals surface area contributed by atoms with Crippen molar-refractivity contribution in [2.45, 2.75) is 38.9 Å². The molecule has 1 N–H and O–H groups in total. The maximum Gasteiger partial charge on any atom is 0.157 e. The van der Waals surface area contributed by atoms with E-state index in [2.05, 4.69) is 32.0 Å². The van der Waals surface area contributed by atoms with Crippen LogP contribution >= 0.6 is 0 Å². The van der Waals surface area contributed by atoms with Crippen molar-refractivity contribution in [2.75, 3.05) is 0 Å². The molecule has 3 rings (SSSR count). The van der Waals surface area contributed by atoms with Crippen molar-refractivity contribution in [1.82, 2.24) is 0 Å². The molecular weight excluding hydrogens is 323 g/mol. The van der Waals surface area contributed by atoms with Gasteiger partial charge in [0, 0.05) is 5.56 Å². The summed E-state index contributed by atoms with van der Waals surface area (Å²) in [7, 11) is 0. The van der Waals surface area contributed by atoms with Gasteiger partial charge in [-0.05, 0) is 72.6 Å². The average Bonchev–Trinajstić information content (AvgIpc) is 3.01. The van der Waals surface area contributed by atoms with Gasteiger partial charge in [-0.1, -0.05) is 30.3 Å². The molecule has 1 atom stereocenters. The molecule has 1 aliphatic carbocycles. The fraction of sp³-hybridized carbons (Fsp3) is 0.300. The van der Waals surface area contributed by atoms with Gasteiger partial charge in [0.15, 0.2) is 11.1 Å². The second-order valence-corrected chi connectivity index (χ2v) is 7.31. The first-order valence-electron chi connectivity index (χ1n) is 8.11. The molecule has 0 heterocycles. The van der Waals surface area contributed by atoms with E-state index in [4.69, 9.17) is 4.55 Å². The van der Waals surface area contributed by atoms with Crippen LogP contribution in [0.5, 0.6) is 0 Å². The van der Waals surface area contributed by atoms with Gasteiger partial charge in [-0.25, -0.2) is 8.60 Å². The lowest BCUT2D eigenvalue weighted by molar-refractivity contribution is 0.559. The molecule has 2 aromatic carbocycles. The Labute approximate surface area is 144 Å². The maximum atomic E-state index is 14.2. The summed E-state index contributed by atoms with van der Waals surface area (Å²) in [6.07, 6.45) is 3.01. The fourth-order valence-electron chi connectivity index (χ4n) is 3.30. The normalized spacial score (nSPS) is 15.8. The number of aryl methyl sites for hydroxylation is 2.